The highest BCUT2D eigenvalue weighted by Gasteiger charge is 2.40. The monoisotopic (exact) mass is 403 g/mol. The fourth-order valence-corrected chi connectivity index (χ4v) is 3.76. The number of benzene rings is 2. The number of hydrogen-bond donors (Lipinski definition) is 0. The normalized spacial score (nSPS) is 17.5. The molecule has 1 atom stereocenters. The van der Waals surface area contributed by atoms with Gasteiger partial charge in [0.1, 0.15) is 6.61 Å². The largest absolute Gasteiger partial charge is 0.449 e. The number of halogens is 3. The van der Waals surface area contributed by atoms with Gasteiger partial charge in [-0.25, -0.2) is 9.78 Å². The summed E-state index contributed by atoms with van der Waals surface area (Å²) in [6.45, 7) is 0.734. The van der Waals surface area contributed by atoms with Crippen LogP contribution in [0.2, 0.25) is 0 Å². The molecule has 0 saturated carbocycles. The maximum atomic E-state index is 13.6. The Balaban J connectivity index is 1.55. The number of likely N-dealkylation sites (tertiary alicyclic amines) is 1. The summed E-state index contributed by atoms with van der Waals surface area (Å²) in [4.78, 5) is 17.8. The Morgan fingerprint density at radius 3 is 2.59 bits per heavy atom. The van der Waals surface area contributed by atoms with Gasteiger partial charge in [-0.2, -0.15) is 13.2 Å². The summed E-state index contributed by atoms with van der Waals surface area (Å²) in [7, 11) is 0. The van der Waals surface area contributed by atoms with E-state index in [-0.39, 0.29) is 13.2 Å². The average molecular weight is 403 g/mol. The predicted octanol–water partition coefficient (Wildman–Crippen LogP) is 5.03. The topological polar surface area (TPSA) is 47.4 Å². The van der Waals surface area contributed by atoms with E-state index in [0.717, 1.165) is 5.56 Å². The third-order valence-corrected chi connectivity index (χ3v) is 5.07. The van der Waals surface area contributed by atoms with E-state index in [4.69, 9.17) is 4.74 Å². The molecular formula is C21H20F3N3O2. The standard InChI is InChI=1S/C21H20F3N3O2/c22-21(23,24)19-25-17-10-4-5-11-18(17)27(19)16-9-6-12-26(13-16)20(28)29-14-15-7-2-1-3-8-15/h1-5,7-8,10-11,16H,6,9,12-14H2/t16-/m0/s1. The second-order valence-corrected chi connectivity index (χ2v) is 7.07. The van der Waals surface area contributed by atoms with Crippen LogP contribution in [-0.4, -0.2) is 33.6 Å². The minimum Gasteiger partial charge on any atom is -0.445 e. The molecule has 3 aromatic rings. The number of amides is 1. The van der Waals surface area contributed by atoms with E-state index in [0.29, 0.717) is 30.4 Å². The number of para-hydroxylation sites is 2. The minimum atomic E-state index is -4.57. The van der Waals surface area contributed by atoms with Gasteiger partial charge in [-0.15, -0.1) is 0 Å². The van der Waals surface area contributed by atoms with Crippen molar-refractivity contribution in [2.45, 2.75) is 31.7 Å². The first-order valence-electron chi connectivity index (χ1n) is 9.43. The first kappa shape index (κ1) is 19.3. The molecule has 0 aliphatic carbocycles. The van der Waals surface area contributed by atoms with Crippen molar-refractivity contribution >= 4 is 17.1 Å². The van der Waals surface area contributed by atoms with Crippen molar-refractivity contribution < 1.29 is 22.7 Å². The van der Waals surface area contributed by atoms with Gasteiger partial charge in [0.05, 0.1) is 17.1 Å². The van der Waals surface area contributed by atoms with E-state index in [9.17, 15) is 18.0 Å². The van der Waals surface area contributed by atoms with Crippen LogP contribution in [0.25, 0.3) is 11.0 Å². The number of alkyl halides is 3. The van der Waals surface area contributed by atoms with Gasteiger partial charge in [0.2, 0.25) is 5.82 Å². The first-order chi connectivity index (χ1) is 13.9. The van der Waals surface area contributed by atoms with Gasteiger partial charge < -0.3 is 14.2 Å². The molecule has 2 heterocycles. The van der Waals surface area contributed by atoms with E-state index in [1.807, 2.05) is 30.3 Å². The lowest BCUT2D eigenvalue weighted by Crippen LogP contribution is -2.41. The molecule has 29 heavy (non-hydrogen) atoms. The Labute approximate surface area is 165 Å². The van der Waals surface area contributed by atoms with Crippen LogP contribution in [0.15, 0.2) is 54.6 Å². The third kappa shape index (κ3) is 4.06. The summed E-state index contributed by atoms with van der Waals surface area (Å²) in [6.07, 6.45) is -3.97. The average Bonchev–Trinajstić information content (AvgIpc) is 3.13. The number of rotatable bonds is 3. The summed E-state index contributed by atoms with van der Waals surface area (Å²) in [5.74, 6) is -0.928. The fraction of sp³-hybridized carbons (Fsp3) is 0.333. The number of aromatic nitrogens is 2. The number of nitrogens with zero attached hydrogens (tertiary/aromatic N) is 3. The highest BCUT2D eigenvalue weighted by atomic mass is 19.4. The van der Waals surface area contributed by atoms with Gasteiger partial charge in [-0.3, -0.25) is 0 Å². The van der Waals surface area contributed by atoms with Gasteiger partial charge in [0.15, 0.2) is 0 Å². The van der Waals surface area contributed by atoms with Crippen molar-refractivity contribution in [3.05, 3.63) is 66.0 Å². The van der Waals surface area contributed by atoms with E-state index in [1.54, 1.807) is 24.3 Å². The molecule has 1 aliphatic heterocycles. The number of imidazole rings is 1. The molecule has 0 N–H and O–H groups in total. The van der Waals surface area contributed by atoms with Gasteiger partial charge in [0, 0.05) is 13.1 Å². The van der Waals surface area contributed by atoms with Crippen molar-refractivity contribution in [2.24, 2.45) is 0 Å². The zero-order valence-electron chi connectivity index (χ0n) is 15.6. The molecule has 1 saturated heterocycles. The van der Waals surface area contributed by atoms with Crippen LogP contribution in [0.5, 0.6) is 0 Å². The Morgan fingerprint density at radius 2 is 1.83 bits per heavy atom. The highest BCUT2D eigenvalue weighted by Crippen LogP contribution is 2.36. The molecule has 0 spiro atoms. The molecule has 0 unspecified atom stereocenters. The molecule has 1 amide bonds. The first-order valence-corrected chi connectivity index (χ1v) is 9.43. The van der Waals surface area contributed by atoms with Crippen LogP contribution in [0, 0.1) is 0 Å². The molecule has 8 heteroatoms. The van der Waals surface area contributed by atoms with Gasteiger partial charge in [0.25, 0.3) is 0 Å². The highest BCUT2D eigenvalue weighted by molar-refractivity contribution is 5.76. The summed E-state index contributed by atoms with van der Waals surface area (Å²) in [5.41, 5.74) is 1.57. The molecular weight excluding hydrogens is 383 g/mol. The lowest BCUT2D eigenvalue weighted by atomic mass is 10.1. The van der Waals surface area contributed by atoms with Crippen LogP contribution in [0.1, 0.15) is 30.3 Å². The third-order valence-electron chi connectivity index (χ3n) is 5.07. The van der Waals surface area contributed by atoms with Crippen LogP contribution >= 0.6 is 0 Å². The smallest absolute Gasteiger partial charge is 0.445 e. The molecule has 0 radical (unpaired) electrons. The second kappa shape index (κ2) is 7.77. The predicted molar refractivity (Wildman–Crippen MR) is 101 cm³/mol. The Bertz CT molecular complexity index is 1000. The van der Waals surface area contributed by atoms with Crippen molar-refractivity contribution in [3.8, 4) is 0 Å². The molecule has 5 nitrogen and oxygen atoms in total. The van der Waals surface area contributed by atoms with E-state index in [1.165, 1.54) is 9.47 Å². The summed E-state index contributed by atoms with van der Waals surface area (Å²) in [6, 6.07) is 15.3. The van der Waals surface area contributed by atoms with Gasteiger partial charge in [-0.05, 0) is 30.5 Å². The molecule has 0 bridgehead atoms. The quantitative estimate of drug-likeness (QED) is 0.616. The van der Waals surface area contributed by atoms with Crippen molar-refractivity contribution in [1.82, 2.24) is 14.5 Å². The van der Waals surface area contributed by atoms with E-state index < -0.39 is 24.1 Å². The summed E-state index contributed by atoms with van der Waals surface area (Å²) in [5, 5.41) is 0. The molecule has 152 valence electrons. The lowest BCUT2D eigenvalue weighted by molar-refractivity contribution is -0.147. The summed E-state index contributed by atoms with van der Waals surface area (Å²) >= 11 is 0. The Morgan fingerprint density at radius 1 is 1.10 bits per heavy atom. The van der Waals surface area contributed by atoms with Crippen LogP contribution in [-0.2, 0) is 17.5 Å². The van der Waals surface area contributed by atoms with Crippen LogP contribution < -0.4 is 0 Å². The van der Waals surface area contributed by atoms with Crippen molar-refractivity contribution in [1.29, 1.82) is 0 Å². The van der Waals surface area contributed by atoms with Crippen molar-refractivity contribution in [3.63, 3.8) is 0 Å². The number of ether oxygens (including phenoxy) is 1. The van der Waals surface area contributed by atoms with Crippen LogP contribution in [0.4, 0.5) is 18.0 Å². The molecule has 1 aromatic heterocycles. The minimum absolute atomic E-state index is 0.128. The van der Waals surface area contributed by atoms with E-state index in [2.05, 4.69) is 4.98 Å². The van der Waals surface area contributed by atoms with Crippen molar-refractivity contribution in [2.75, 3.05) is 13.1 Å². The van der Waals surface area contributed by atoms with Gasteiger partial charge in [-0.1, -0.05) is 42.5 Å². The zero-order valence-corrected chi connectivity index (χ0v) is 15.6. The summed E-state index contributed by atoms with van der Waals surface area (Å²) < 4.78 is 47.4. The lowest BCUT2D eigenvalue weighted by Gasteiger charge is -2.34. The Hall–Kier alpha value is -3.03. The molecule has 4 rings (SSSR count). The van der Waals surface area contributed by atoms with Crippen LogP contribution in [0.3, 0.4) is 0 Å². The Kier molecular flexibility index (Phi) is 5.17. The van der Waals surface area contributed by atoms with Gasteiger partial charge >= 0.3 is 12.3 Å². The fourth-order valence-electron chi connectivity index (χ4n) is 3.76. The number of fused-ring (bicyclic) bond motifs is 1. The van der Waals surface area contributed by atoms with E-state index >= 15 is 0 Å². The maximum Gasteiger partial charge on any atom is 0.449 e. The number of hydrogen-bond acceptors (Lipinski definition) is 3. The second-order valence-electron chi connectivity index (χ2n) is 7.07. The zero-order chi connectivity index (χ0) is 20.4. The molecule has 1 aliphatic rings. The molecule has 1 fully saturated rings. The number of carbonyl (C=O) groups excluding carboxylic acids is 1. The number of piperidine rings is 1. The number of carbonyl (C=O) groups is 1. The molecule has 2 aromatic carbocycles. The maximum absolute atomic E-state index is 13.6. The SMILES string of the molecule is O=C(OCc1ccccc1)N1CCC[C@H](n2c(C(F)(F)F)nc3ccccc32)C1.